The third-order valence-corrected chi connectivity index (χ3v) is 3.37. The number of benzene rings is 1. The highest BCUT2D eigenvalue weighted by atomic mass is 16.2. The molecule has 1 fully saturated rings. The molecule has 1 heterocycles. The quantitative estimate of drug-likeness (QED) is 0.814. The normalized spacial score (nSPS) is 19.0. The van der Waals surface area contributed by atoms with Gasteiger partial charge in [-0.05, 0) is 30.5 Å². The van der Waals surface area contributed by atoms with Gasteiger partial charge in [-0.25, -0.2) is 0 Å². The lowest BCUT2D eigenvalue weighted by atomic mass is 10.1. The smallest absolute Gasteiger partial charge is 0.228 e. The molecular formula is C15H18N2O. The van der Waals surface area contributed by atoms with E-state index in [1.807, 2.05) is 12.1 Å². The van der Waals surface area contributed by atoms with E-state index < -0.39 is 0 Å². The summed E-state index contributed by atoms with van der Waals surface area (Å²) in [6, 6.07) is 10.3. The zero-order chi connectivity index (χ0) is 13.0. The molecule has 3 heteroatoms. The summed E-state index contributed by atoms with van der Waals surface area (Å²) in [5.41, 5.74) is 2.22. The summed E-state index contributed by atoms with van der Waals surface area (Å²) in [5, 5.41) is 8.86. The average molecular weight is 242 g/mol. The number of nitriles is 1. The molecule has 1 aromatic rings. The molecule has 0 aromatic heterocycles. The van der Waals surface area contributed by atoms with Gasteiger partial charge in [0.1, 0.15) is 0 Å². The lowest BCUT2D eigenvalue weighted by Gasteiger charge is -2.16. The Kier molecular flexibility index (Phi) is 3.99. The molecule has 0 saturated carbocycles. The Morgan fingerprint density at radius 2 is 2.11 bits per heavy atom. The van der Waals surface area contributed by atoms with Crippen molar-refractivity contribution < 1.29 is 4.79 Å². The predicted molar refractivity (Wildman–Crippen MR) is 71.1 cm³/mol. The summed E-state index contributed by atoms with van der Waals surface area (Å²) >= 11 is 0. The van der Waals surface area contributed by atoms with Gasteiger partial charge in [-0.3, -0.25) is 4.79 Å². The van der Waals surface area contributed by atoms with E-state index in [1.165, 1.54) is 18.4 Å². The number of anilines is 1. The van der Waals surface area contributed by atoms with Crippen molar-refractivity contribution in [2.45, 2.75) is 32.6 Å². The first-order chi connectivity index (χ1) is 8.74. The molecule has 1 amide bonds. The van der Waals surface area contributed by atoms with Crippen LogP contribution in [-0.2, 0) is 11.2 Å². The first kappa shape index (κ1) is 12.6. The Labute approximate surface area is 108 Å². The lowest BCUT2D eigenvalue weighted by molar-refractivity contribution is -0.117. The van der Waals surface area contributed by atoms with Gasteiger partial charge in [0.15, 0.2) is 0 Å². The highest BCUT2D eigenvalue weighted by Crippen LogP contribution is 2.25. The molecule has 0 aliphatic carbocycles. The number of hydrogen-bond donors (Lipinski definition) is 0. The fourth-order valence-corrected chi connectivity index (χ4v) is 2.27. The molecule has 1 atom stereocenters. The monoisotopic (exact) mass is 242 g/mol. The van der Waals surface area contributed by atoms with Crippen LogP contribution in [0.3, 0.4) is 0 Å². The van der Waals surface area contributed by atoms with Crippen molar-refractivity contribution in [3.63, 3.8) is 0 Å². The van der Waals surface area contributed by atoms with Gasteiger partial charge in [0.2, 0.25) is 5.91 Å². The van der Waals surface area contributed by atoms with Crippen molar-refractivity contribution in [3.05, 3.63) is 29.8 Å². The van der Waals surface area contributed by atoms with Gasteiger partial charge in [0.05, 0.1) is 12.0 Å². The van der Waals surface area contributed by atoms with E-state index in [0.29, 0.717) is 13.0 Å². The van der Waals surface area contributed by atoms with Crippen LogP contribution in [0.2, 0.25) is 0 Å². The van der Waals surface area contributed by atoms with Crippen LogP contribution in [0.4, 0.5) is 5.69 Å². The minimum atomic E-state index is -0.155. The molecule has 1 aromatic carbocycles. The van der Waals surface area contributed by atoms with Crippen molar-refractivity contribution in [1.29, 1.82) is 5.26 Å². The third kappa shape index (κ3) is 2.70. The van der Waals surface area contributed by atoms with Crippen LogP contribution >= 0.6 is 0 Å². The molecule has 0 radical (unpaired) electrons. The largest absolute Gasteiger partial charge is 0.311 e. The zero-order valence-corrected chi connectivity index (χ0v) is 10.7. The first-order valence-electron chi connectivity index (χ1n) is 6.53. The van der Waals surface area contributed by atoms with Crippen LogP contribution in [-0.4, -0.2) is 12.5 Å². The van der Waals surface area contributed by atoms with Gasteiger partial charge in [0, 0.05) is 18.7 Å². The van der Waals surface area contributed by atoms with Crippen LogP contribution in [0.5, 0.6) is 0 Å². The second-order valence-corrected chi connectivity index (χ2v) is 4.80. The van der Waals surface area contributed by atoms with Crippen LogP contribution in [0, 0.1) is 17.2 Å². The summed E-state index contributed by atoms with van der Waals surface area (Å²) in [7, 11) is 0. The van der Waals surface area contributed by atoms with Gasteiger partial charge in [-0.15, -0.1) is 0 Å². The zero-order valence-electron chi connectivity index (χ0n) is 10.7. The van der Waals surface area contributed by atoms with E-state index in [1.54, 1.807) is 4.90 Å². The maximum Gasteiger partial charge on any atom is 0.228 e. The lowest BCUT2D eigenvalue weighted by Crippen LogP contribution is -2.24. The Morgan fingerprint density at radius 1 is 1.39 bits per heavy atom. The average Bonchev–Trinajstić information content (AvgIpc) is 2.78. The van der Waals surface area contributed by atoms with E-state index in [4.69, 9.17) is 5.26 Å². The number of carbonyl (C=O) groups is 1. The summed E-state index contributed by atoms with van der Waals surface area (Å²) in [4.78, 5) is 13.5. The highest BCUT2D eigenvalue weighted by Gasteiger charge is 2.30. The van der Waals surface area contributed by atoms with Gasteiger partial charge in [0.25, 0.3) is 0 Å². The Balaban J connectivity index is 2.06. The predicted octanol–water partition coefficient (Wildman–Crippen LogP) is 2.91. The molecule has 1 saturated heterocycles. The SMILES string of the molecule is CCCCc1ccc(N2CC(C#N)CC2=O)cc1. The number of hydrogen-bond acceptors (Lipinski definition) is 2. The summed E-state index contributed by atoms with van der Waals surface area (Å²) in [6.45, 7) is 2.71. The third-order valence-electron chi connectivity index (χ3n) is 3.37. The molecule has 18 heavy (non-hydrogen) atoms. The number of aryl methyl sites for hydroxylation is 1. The molecule has 0 bridgehead atoms. The van der Waals surface area contributed by atoms with Crippen molar-refractivity contribution >= 4 is 11.6 Å². The molecule has 3 nitrogen and oxygen atoms in total. The Bertz CT molecular complexity index is 458. The molecule has 0 N–H and O–H groups in total. The van der Waals surface area contributed by atoms with E-state index in [-0.39, 0.29) is 11.8 Å². The van der Waals surface area contributed by atoms with Gasteiger partial charge in [-0.1, -0.05) is 25.5 Å². The summed E-state index contributed by atoms with van der Waals surface area (Å²) < 4.78 is 0. The first-order valence-corrected chi connectivity index (χ1v) is 6.53. The second kappa shape index (κ2) is 5.68. The van der Waals surface area contributed by atoms with Crippen molar-refractivity contribution in [2.75, 3.05) is 11.4 Å². The van der Waals surface area contributed by atoms with Crippen molar-refractivity contribution in [3.8, 4) is 6.07 Å². The maximum atomic E-state index is 11.8. The minimum Gasteiger partial charge on any atom is -0.311 e. The van der Waals surface area contributed by atoms with Crippen LogP contribution in [0.15, 0.2) is 24.3 Å². The van der Waals surface area contributed by atoms with E-state index in [9.17, 15) is 4.79 Å². The summed E-state index contributed by atoms with van der Waals surface area (Å²) in [5.74, 6) is -0.0971. The number of carbonyl (C=O) groups excluding carboxylic acids is 1. The fraction of sp³-hybridized carbons (Fsp3) is 0.467. The number of rotatable bonds is 4. The highest BCUT2D eigenvalue weighted by molar-refractivity contribution is 5.96. The second-order valence-electron chi connectivity index (χ2n) is 4.80. The molecule has 94 valence electrons. The van der Waals surface area contributed by atoms with Gasteiger partial charge in [-0.2, -0.15) is 5.26 Å². The number of amides is 1. The van der Waals surface area contributed by atoms with Gasteiger partial charge >= 0.3 is 0 Å². The van der Waals surface area contributed by atoms with Crippen LogP contribution in [0.1, 0.15) is 31.7 Å². The van der Waals surface area contributed by atoms with E-state index in [0.717, 1.165) is 12.1 Å². The van der Waals surface area contributed by atoms with Crippen molar-refractivity contribution in [1.82, 2.24) is 0 Å². The van der Waals surface area contributed by atoms with Crippen molar-refractivity contribution in [2.24, 2.45) is 5.92 Å². The number of unbranched alkanes of at least 4 members (excludes halogenated alkanes) is 1. The van der Waals surface area contributed by atoms with Crippen LogP contribution in [0.25, 0.3) is 0 Å². The number of nitrogens with zero attached hydrogens (tertiary/aromatic N) is 2. The topological polar surface area (TPSA) is 44.1 Å². The van der Waals surface area contributed by atoms with E-state index in [2.05, 4.69) is 25.1 Å². The maximum absolute atomic E-state index is 11.8. The van der Waals surface area contributed by atoms with Crippen LogP contribution < -0.4 is 4.90 Å². The Hall–Kier alpha value is -1.82. The summed E-state index contributed by atoms with van der Waals surface area (Å²) in [6.07, 6.45) is 3.83. The molecular weight excluding hydrogens is 224 g/mol. The molecule has 2 rings (SSSR count). The standard InChI is InChI=1S/C15H18N2O/c1-2-3-4-12-5-7-14(8-6-12)17-11-13(10-16)9-15(17)18/h5-8,13H,2-4,9,11H2,1H3. The van der Waals surface area contributed by atoms with Gasteiger partial charge < -0.3 is 4.90 Å². The fourth-order valence-electron chi connectivity index (χ4n) is 2.27. The molecule has 1 aliphatic rings. The Morgan fingerprint density at radius 3 is 2.67 bits per heavy atom. The molecule has 0 spiro atoms. The molecule has 1 aliphatic heterocycles. The molecule has 1 unspecified atom stereocenters. The minimum absolute atomic E-state index is 0.0582. The van der Waals surface area contributed by atoms with E-state index >= 15 is 0 Å².